The Morgan fingerprint density at radius 2 is 2.18 bits per heavy atom. The molecule has 92 valence electrons. The summed E-state index contributed by atoms with van der Waals surface area (Å²) in [6.07, 6.45) is 0. The van der Waals surface area contributed by atoms with Crippen molar-refractivity contribution in [3.05, 3.63) is 29.2 Å². The highest BCUT2D eigenvalue weighted by atomic mass is 16.3. The summed E-state index contributed by atoms with van der Waals surface area (Å²) >= 11 is 0. The van der Waals surface area contributed by atoms with E-state index in [1.54, 1.807) is 12.1 Å². The Morgan fingerprint density at radius 3 is 2.88 bits per heavy atom. The van der Waals surface area contributed by atoms with Crippen LogP contribution in [0.5, 0.6) is 0 Å². The molecule has 0 aliphatic carbocycles. The zero-order valence-electron chi connectivity index (χ0n) is 9.91. The minimum atomic E-state index is 0.114. The molecule has 1 saturated heterocycles. The number of anilines is 1. The Labute approximate surface area is 101 Å². The number of hydrogen-bond acceptors (Lipinski definition) is 5. The lowest BCUT2D eigenvalue weighted by atomic mass is 10.1. The molecule has 1 aliphatic rings. The van der Waals surface area contributed by atoms with Crippen molar-refractivity contribution in [2.24, 2.45) is 5.18 Å². The third-order valence-electron chi connectivity index (χ3n) is 3.31. The van der Waals surface area contributed by atoms with Gasteiger partial charge in [-0.2, -0.15) is 0 Å². The summed E-state index contributed by atoms with van der Waals surface area (Å²) in [5.74, 6) is 0. The molecule has 1 fully saturated rings. The van der Waals surface area contributed by atoms with E-state index in [1.807, 2.05) is 19.2 Å². The van der Waals surface area contributed by atoms with Crippen molar-refractivity contribution in [3.8, 4) is 0 Å². The van der Waals surface area contributed by atoms with E-state index in [1.165, 1.54) is 0 Å². The highest BCUT2D eigenvalue weighted by molar-refractivity contribution is 5.66. The normalized spacial score (nSPS) is 21.5. The standard InChI is InChI=1S/C12H17N3O2/c1-14-6-7-15(8-10(14)9-16)12-5-3-2-4-11(12)13-17/h2-5,10,16H,6-9H2,1H3. The first-order valence-electron chi connectivity index (χ1n) is 5.74. The van der Waals surface area contributed by atoms with Crippen LogP contribution in [0.15, 0.2) is 29.4 Å². The zero-order valence-corrected chi connectivity index (χ0v) is 9.91. The van der Waals surface area contributed by atoms with E-state index in [0.717, 1.165) is 25.3 Å². The molecule has 0 radical (unpaired) electrons. The maximum Gasteiger partial charge on any atom is 0.131 e. The van der Waals surface area contributed by atoms with Crippen molar-refractivity contribution < 1.29 is 5.11 Å². The van der Waals surface area contributed by atoms with Gasteiger partial charge in [0.2, 0.25) is 0 Å². The van der Waals surface area contributed by atoms with Crippen molar-refractivity contribution in [1.29, 1.82) is 0 Å². The lowest BCUT2D eigenvalue weighted by Gasteiger charge is -2.39. The topological polar surface area (TPSA) is 56.1 Å². The van der Waals surface area contributed by atoms with Gasteiger partial charge in [-0.15, -0.1) is 4.91 Å². The Hall–Kier alpha value is -1.46. The first kappa shape index (κ1) is 12.0. The van der Waals surface area contributed by atoms with E-state index in [2.05, 4.69) is 15.0 Å². The second kappa shape index (κ2) is 5.25. The Morgan fingerprint density at radius 1 is 1.41 bits per heavy atom. The van der Waals surface area contributed by atoms with Crippen molar-refractivity contribution in [2.45, 2.75) is 6.04 Å². The van der Waals surface area contributed by atoms with Gasteiger partial charge in [-0.25, -0.2) is 0 Å². The minimum absolute atomic E-state index is 0.114. The van der Waals surface area contributed by atoms with E-state index in [-0.39, 0.29) is 12.6 Å². The molecule has 5 nitrogen and oxygen atoms in total. The fraction of sp³-hybridized carbons (Fsp3) is 0.500. The van der Waals surface area contributed by atoms with Crippen LogP contribution < -0.4 is 4.90 Å². The van der Waals surface area contributed by atoms with E-state index >= 15 is 0 Å². The summed E-state index contributed by atoms with van der Waals surface area (Å²) in [5.41, 5.74) is 1.32. The fourth-order valence-electron chi connectivity index (χ4n) is 2.17. The van der Waals surface area contributed by atoms with Gasteiger partial charge >= 0.3 is 0 Å². The SMILES string of the molecule is CN1CCN(c2ccccc2N=O)CC1CO. The number of likely N-dealkylation sites (N-methyl/N-ethyl adjacent to an activating group) is 1. The summed E-state index contributed by atoms with van der Waals surface area (Å²) in [6.45, 7) is 2.57. The van der Waals surface area contributed by atoms with Gasteiger partial charge in [0.25, 0.3) is 0 Å². The molecule has 17 heavy (non-hydrogen) atoms. The fourth-order valence-corrected chi connectivity index (χ4v) is 2.17. The molecular formula is C12H17N3O2. The molecule has 5 heteroatoms. The lowest BCUT2D eigenvalue weighted by Crippen LogP contribution is -2.53. The quantitative estimate of drug-likeness (QED) is 0.800. The van der Waals surface area contributed by atoms with Gasteiger partial charge in [-0.3, -0.25) is 4.90 Å². The van der Waals surface area contributed by atoms with Crippen LogP contribution >= 0.6 is 0 Å². The second-order valence-electron chi connectivity index (χ2n) is 4.34. The molecular weight excluding hydrogens is 218 g/mol. The number of nitrogens with zero attached hydrogens (tertiary/aromatic N) is 3. The van der Waals surface area contributed by atoms with Crippen molar-refractivity contribution >= 4 is 11.4 Å². The first-order valence-corrected chi connectivity index (χ1v) is 5.74. The van der Waals surface area contributed by atoms with Crippen molar-refractivity contribution in [3.63, 3.8) is 0 Å². The number of hydrogen-bond donors (Lipinski definition) is 1. The molecule has 1 aliphatic heterocycles. The molecule has 1 atom stereocenters. The molecule has 0 saturated carbocycles. The van der Waals surface area contributed by atoms with Gasteiger partial charge in [0.15, 0.2) is 0 Å². The smallest absolute Gasteiger partial charge is 0.131 e. The van der Waals surface area contributed by atoms with E-state index < -0.39 is 0 Å². The molecule has 2 rings (SSSR count). The predicted octanol–water partition coefficient (Wildman–Crippen LogP) is 1.20. The highest BCUT2D eigenvalue weighted by Gasteiger charge is 2.25. The molecule has 0 spiro atoms. The molecule has 1 N–H and O–H groups in total. The van der Waals surface area contributed by atoms with Gasteiger partial charge in [0.05, 0.1) is 18.3 Å². The molecule has 1 aromatic carbocycles. The average molecular weight is 235 g/mol. The number of nitroso groups, excluding NO2 is 1. The van der Waals surface area contributed by atoms with E-state index in [0.29, 0.717) is 5.69 Å². The number of aliphatic hydroxyl groups is 1. The maximum absolute atomic E-state index is 10.7. The van der Waals surface area contributed by atoms with Crippen LogP contribution in [-0.2, 0) is 0 Å². The summed E-state index contributed by atoms with van der Waals surface area (Å²) < 4.78 is 0. The predicted molar refractivity (Wildman–Crippen MR) is 67.6 cm³/mol. The Kier molecular flexibility index (Phi) is 3.71. The molecule has 0 bridgehead atoms. The summed E-state index contributed by atoms with van der Waals surface area (Å²) in [6, 6.07) is 7.43. The van der Waals surface area contributed by atoms with Crippen molar-refractivity contribution in [1.82, 2.24) is 4.90 Å². The number of benzene rings is 1. The van der Waals surface area contributed by atoms with Crippen LogP contribution in [0.3, 0.4) is 0 Å². The largest absolute Gasteiger partial charge is 0.395 e. The van der Waals surface area contributed by atoms with Crippen LogP contribution in [-0.4, -0.2) is 49.3 Å². The number of rotatable bonds is 3. The minimum Gasteiger partial charge on any atom is -0.395 e. The summed E-state index contributed by atoms with van der Waals surface area (Å²) in [4.78, 5) is 15.0. The van der Waals surface area contributed by atoms with E-state index in [4.69, 9.17) is 0 Å². The Balaban J connectivity index is 2.20. The number of para-hydroxylation sites is 1. The van der Waals surface area contributed by atoms with Gasteiger partial charge in [0.1, 0.15) is 5.69 Å². The van der Waals surface area contributed by atoms with E-state index in [9.17, 15) is 10.0 Å². The van der Waals surface area contributed by atoms with Gasteiger partial charge in [0, 0.05) is 19.6 Å². The zero-order chi connectivity index (χ0) is 12.3. The van der Waals surface area contributed by atoms with Crippen LogP contribution in [0, 0.1) is 4.91 Å². The number of piperazine rings is 1. The molecule has 1 unspecified atom stereocenters. The van der Waals surface area contributed by atoms with Crippen LogP contribution in [0.4, 0.5) is 11.4 Å². The van der Waals surface area contributed by atoms with Crippen LogP contribution in [0.2, 0.25) is 0 Å². The summed E-state index contributed by atoms with van der Waals surface area (Å²) in [7, 11) is 2.00. The first-order chi connectivity index (χ1) is 8.26. The summed E-state index contributed by atoms with van der Waals surface area (Å²) in [5, 5.41) is 12.3. The van der Waals surface area contributed by atoms with Crippen LogP contribution in [0.1, 0.15) is 0 Å². The van der Waals surface area contributed by atoms with Gasteiger partial charge < -0.3 is 10.0 Å². The molecule has 1 heterocycles. The third kappa shape index (κ3) is 2.45. The average Bonchev–Trinajstić information content (AvgIpc) is 2.39. The van der Waals surface area contributed by atoms with Crippen molar-refractivity contribution in [2.75, 3.05) is 38.2 Å². The van der Waals surface area contributed by atoms with Crippen LogP contribution in [0.25, 0.3) is 0 Å². The molecule has 1 aromatic rings. The van der Waals surface area contributed by atoms with Gasteiger partial charge in [-0.1, -0.05) is 12.1 Å². The second-order valence-corrected chi connectivity index (χ2v) is 4.34. The maximum atomic E-state index is 10.7. The highest BCUT2D eigenvalue weighted by Crippen LogP contribution is 2.29. The molecule has 0 aromatic heterocycles. The number of aliphatic hydroxyl groups excluding tert-OH is 1. The lowest BCUT2D eigenvalue weighted by molar-refractivity contribution is 0.135. The van der Waals surface area contributed by atoms with Gasteiger partial charge in [-0.05, 0) is 24.4 Å². The molecule has 0 amide bonds. The monoisotopic (exact) mass is 235 g/mol. The third-order valence-corrected chi connectivity index (χ3v) is 3.31. The Bertz CT molecular complexity index is 397.